The fourth-order valence-electron chi connectivity index (χ4n) is 4.24. The van der Waals surface area contributed by atoms with E-state index in [1.54, 1.807) is 18.7 Å². The maximum Gasteiger partial charge on any atom is 0.259 e. The van der Waals surface area contributed by atoms with Gasteiger partial charge in [-0.25, -0.2) is 0 Å². The highest BCUT2D eigenvalue weighted by molar-refractivity contribution is 5.96. The maximum atomic E-state index is 13.0. The van der Waals surface area contributed by atoms with Crippen LogP contribution in [0.3, 0.4) is 0 Å². The summed E-state index contributed by atoms with van der Waals surface area (Å²) in [5, 5.41) is 13.2. The zero-order valence-corrected chi connectivity index (χ0v) is 14.4. The lowest BCUT2D eigenvalue weighted by atomic mass is 9.78. The fourth-order valence-corrected chi connectivity index (χ4v) is 4.24. The Bertz CT molecular complexity index is 634. The Morgan fingerprint density at radius 1 is 1.25 bits per heavy atom. The van der Waals surface area contributed by atoms with Gasteiger partial charge in [-0.05, 0) is 19.8 Å². The third kappa shape index (κ3) is 2.81. The Morgan fingerprint density at radius 3 is 2.58 bits per heavy atom. The van der Waals surface area contributed by atoms with Crippen LogP contribution >= 0.6 is 0 Å². The van der Waals surface area contributed by atoms with E-state index in [4.69, 9.17) is 4.52 Å². The minimum atomic E-state index is -0.322. The van der Waals surface area contributed by atoms with Gasteiger partial charge in [-0.15, -0.1) is 0 Å². The lowest BCUT2D eigenvalue weighted by molar-refractivity contribution is -0.141. The van der Waals surface area contributed by atoms with Gasteiger partial charge in [0.1, 0.15) is 17.0 Å². The van der Waals surface area contributed by atoms with Gasteiger partial charge < -0.3 is 19.4 Å². The number of aliphatic hydroxyl groups is 1. The van der Waals surface area contributed by atoms with E-state index in [1.165, 1.54) is 6.42 Å². The Morgan fingerprint density at radius 2 is 1.96 bits per heavy atom. The minimum absolute atomic E-state index is 0.0844. The van der Waals surface area contributed by atoms with Gasteiger partial charge >= 0.3 is 0 Å². The Kier molecular flexibility index (Phi) is 4.62. The molecule has 3 rings (SSSR count). The van der Waals surface area contributed by atoms with Crippen LogP contribution in [0.15, 0.2) is 4.52 Å². The van der Waals surface area contributed by atoms with E-state index in [-0.39, 0.29) is 29.7 Å². The number of hydrogen-bond acceptors (Lipinski definition) is 5. The van der Waals surface area contributed by atoms with Crippen LogP contribution < -0.4 is 0 Å². The zero-order chi connectivity index (χ0) is 17.3. The molecule has 1 N–H and O–H groups in total. The predicted octanol–water partition coefficient (Wildman–Crippen LogP) is 1.48. The molecule has 0 bridgehead atoms. The molecular formula is C17H25N3O4. The number of amides is 2. The Balaban J connectivity index is 1.86. The largest absolute Gasteiger partial charge is 0.390 e. The number of rotatable bonds is 2. The summed E-state index contributed by atoms with van der Waals surface area (Å²) in [6, 6.07) is 0. The van der Waals surface area contributed by atoms with Gasteiger partial charge in [-0.2, -0.15) is 0 Å². The van der Waals surface area contributed by atoms with Crippen molar-refractivity contribution in [2.45, 2.75) is 58.1 Å². The average Bonchev–Trinajstić information content (AvgIpc) is 2.95. The van der Waals surface area contributed by atoms with E-state index in [9.17, 15) is 14.7 Å². The van der Waals surface area contributed by atoms with Crippen molar-refractivity contribution in [3.8, 4) is 0 Å². The van der Waals surface area contributed by atoms with Crippen LogP contribution in [0.4, 0.5) is 0 Å². The number of carbonyl (C=O) groups excluding carboxylic acids is 2. The third-order valence-electron chi connectivity index (χ3n) is 5.40. The molecule has 0 unspecified atom stereocenters. The molecule has 1 spiro atoms. The Labute approximate surface area is 141 Å². The van der Waals surface area contributed by atoms with Gasteiger partial charge in [0.05, 0.1) is 12.1 Å². The molecule has 2 amide bonds. The summed E-state index contributed by atoms with van der Waals surface area (Å²) in [5.74, 6) is 0.350. The van der Waals surface area contributed by atoms with Crippen molar-refractivity contribution < 1.29 is 19.2 Å². The van der Waals surface area contributed by atoms with Crippen LogP contribution in [0, 0.1) is 6.92 Å². The standard InChI is InChI=1S/C17H25N3O4/c1-12-15(14(10-21)18-24-12)16(23)19-8-9-20(13(2)22)17(11-19)6-4-3-5-7-17/h21H,3-11H2,1-2H3. The van der Waals surface area contributed by atoms with E-state index in [1.807, 2.05) is 4.90 Å². The van der Waals surface area contributed by atoms with Crippen molar-refractivity contribution >= 4 is 11.8 Å². The first kappa shape index (κ1) is 17.0. The second kappa shape index (κ2) is 6.55. The maximum absolute atomic E-state index is 13.0. The quantitative estimate of drug-likeness (QED) is 0.885. The molecule has 0 atom stereocenters. The molecule has 2 heterocycles. The number of piperazine rings is 1. The second-order valence-corrected chi connectivity index (χ2v) is 6.90. The SMILES string of the molecule is CC(=O)N1CCN(C(=O)c2c(CO)noc2C)CC12CCCCC2. The summed E-state index contributed by atoms with van der Waals surface area (Å²) in [4.78, 5) is 28.8. The monoisotopic (exact) mass is 335 g/mol. The molecule has 2 fully saturated rings. The molecule has 7 nitrogen and oxygen atoms in total. The summed E-state index contributed by atoms with van der Waals surface area (Å²) in [6.07, 6.45) is 5.22. The first-order chi connectivity index (χ1) is 11.5. The van der Waals surface area contributed by atoms with E-state index in [2.05, 4.69) is 5.16 Å². The number of carbonyl (C=O) groups is 2. The number of nitrogens with zero attached hydrogens (tertiary/aromatic N) is 3. The minimum Gasteiger partial charge on any atom is -0.390 e. The van der Waals surface area contributed by atoms with Crippen molar-refractivity contribution in [1.82, 2.24) is 15.0 Å². The number of aromatic nitrogens is 1. The average molecular weight is 335 g/mol. The fraction of sp³-hybridized carbons (Fsp3) is 0.706. The topological polar surface area (TPSA) is 86.9 Å². The summed E-state index contributed by atoms with van der Waals surface area (Å²) in [5.41, 5.74) is 0.395. The molecule has 1 aliphatic carbocycles. The van der Waals surface area contributed by atoms with E-state index < -0.39 is 0 Å². The van der Waals surface area contributed by atoms with Crippen LogP contribution in [0.25, 0.3) is 0 Å². The lowest BCUT2D eigenvalue weighted by Crippen LogP contribution is -2.65. The molecule has 132 valence electrons. The number of hydrogen-bond donors (Lipinski definition) is 1. The molecule has 1 aromatic rings. The molecule has 7 heteroatoms. The van der Waals surface area contributed by atoms with Crippen LogP contribution in [0.5, 0.6) is 0 Å². The molecule has 1 aliphatic heterocycles. The molecule has 1 aromatic heterocycles. The highest BCUT2D eigenvalue weighted by atomic mass is 16.5. The van der Waals surface area contributed by atoms with Gasteiger partial charge in [0.15, 0.2) is 0 Å². The van der Waals surface area contributed by atoms with Crippen molar-refractivity contribution in [1.29, 1.82) is 0 Å². The predicted molar refractivity (Wildman–Crippen MR) is 86.3 cm³/mol. The summed E-state index contributed by atoms with van der Waals surface area (Å²) >= 11 is 0. The van der Waals surface area contributed by atoms with E-state index in [0.717, 1.165) is 25.7 Å². The van der Waals surface area contributed by atoms with Crippen molar-refractivity contribution in [2.75, 3.05) is 19.6 Å². The highest BCUT2D eigenvalue weighted by Crippen LogP contribution is 2.37. The normalized spacial score (nSPS) is 20.5. The van der Waals surface area contributed by atoms with Gasteiger partial charge in [0.25, 0.3) is 5.91 Å². The van der Waals surface area contributed by atoms with Crippen molar-refractivity contribution in [3.63, 3.8) is 0 Å². The molecular weight excluding hydrogens is 310 g/mol. The van der Waals surface area contributed by atoms with Gasteiger partial charge in [-0.1, -0.05) is 24.4 Å². The van der Waals surface area contributed by atoms with Crippen LogP contribution in [0.2, 0.25) is 0 Å². The third-order valence-corrected chi connectivity index (χ3v) is 5.40. The number of aryl methyl sites for hydroxylation is 1. The smallest absolute Gasteiger partial charge is 0.259 e. The van der Waals surface area contributed by atoms with Crippen molar-refractivity contribution in [2.24, 2.45) is 0 Å². The first-order valence-electron chi connectivity index (χ1n) is 8.62. The van der Waals surface area contributed by atoms with Gasteiger partial charge in [0.2, 0.25) is 5.91 Å². The second-order valence-electron chi connectivity index (χ2n) is 6.90. The summed E-state index contributed by atoms with van der Waals surface area (Å²) < 4.78 is 5.07. The molecule has 24 heavy (non-hydrogen) atoms. The van der Waals surface area contributed by atoms with E-state index >= 15 is 0 Å². The summed E-state index contributed by atoms with van der Waals surface area (Å²) in [7, 11) is 0. The highest BCUT2D eigenvalue weighted by Gasteiger charge is 2.45. The molecule has 0 aromatic carbocycles. The van der Waals surface area contributed by atoms with Crippen LogP contribution in [-0.2, 0) is 11.4 Å². The first-order valence-corrected chi connectivity index (χ1v) is 8.62. The molecule has 2 aliphatic rings. The molecule has 1 saturated carbocycles. The molecule has 0 radical (unpaired) electrons. The van der Waals surface area contributed by atoms with E-state index in [0.29, 0.717) is 31.0 Å². The summed E-state index contributed by atoms with van der Waals surface area (Å²) in [6.45, 7) is 4.57. The lowest BCUT2D eigenvalue weighted by Gasteiger charge is -2.52. The van der Waals surface area contributed by atoms with Gasteiger partial charge in [0, 0.05) is 26.6 Å². The molecule has 1 saturated heterocycles. The number of aliphatic hydroxyl groups excluding tert-OH is 1. The van der Waals surface area contributed by atoms with Gasteiger partial charge in [-0.3, -0.25) is 9.59 Å². The zero-order valence-electron chi connectivity index (χ0n) is 14.4. The Hall–Kier alpha value is -1.89. The van der Waals surface area contributed by atoms with Crippen LogP contribution in [0.1, 0.15) is 60.8 Å². The van der Waals surface area contributed by atoms with Crippen molar-refractivity contribution in [3.05, 3.63) is 17.0 Å². The van der Waals surface area contributed by atoms with Crippen LogP contribution in [-0.4, -0.2) is 57.1 Å².